The molecule has 2 rings (SSSR count). The van der Waals surface area contributed by atoms with Crippen LogP contribution in [0.1, 0.15) is 40.0 Å². The van der Waals surface area contributed by atoms with Gasteiger partial charge < -0.3 is 14.0 Å². The molecule has 2 fully saturated rings. The Labute approximate surface area is 141 Å². The lowest BCUT2D eigenvalue weighted by atomic mass is 9.70. The van der Waals surface area contributed by atoms with Crippen molar-refractivity contribution in [3.63, 3.8) is 0 Å². The Hall–Kier alpha value is -0.870. The number of quaternary nitrogens is 1. The van der Waals surface area contributed by atoms with E-state index in [1.807, 2.05) is 14.1 Å². The second kappa shape index (κ2) is 6.56. The molecule has 2 bridgehead atoms. The molecule has 0 aliphatic heterocycles. The lowest BCUT2D eigenvalue weighted by Crippen LogP contribution is -2.47. The van der Waals surface area contributed by atoms with E-state index in [-0.39, 0.29) is 12.6 Å². The number of carbonyl (C=O) groups is 1. The van der Waals surface area contributed by atoms with E-state index in [1.54, 1.807) is 6.08 Å². The van der Waals surface area contributed by atoms with E-state index < -0.39 is 0 Å². The third-order valence-electron chi connectivity index (χ3n) is 6.65. The second-order valence-corrected chi connectivity index (χ2v) is 8.76. The Bertz CT molecular complexity index is 458. The van der Waals surface area contributed by atoms with Crippen LogP contribution in [0.15, 0.2) is 12.7 Å². The molecule has 0 aromatic carbocycles. The van der Waals surface area contributed by atoms with E-state index >= 15 is 0 Å². The van der Waals surface area contributed by atoms with Gasteiger partial charge in [0.15, 0.2) is 6.54 Å². The van der Waals surface area contributed by atoms with Crippen LogP contribution in [0, 0.1) is 16.7 Å². The molecule has 3 atom stereocenters. The molecule has 0 N–H and O–H groups in total. The van der Waals surface area contributed by atoms with Gasteiger partial charge in [0.2, 0.25) is 0 Å². The van der Waals surface area contributed by atoms with Crippen molar-refractivity contribution >= 4 is 5.97 Å². The van der Waals surface area contributed by atoms with Crippen LogP contribution in [-0.2, 0) is 14.3 Å². The molecule has 4 nitrogen and oxygen atoms in total. The SMILES string of the molecule is C=CCOC(=O)C[N+](C)(C)CCO[C@@H]1C[C@H]2CC[C@@]1(C)C2(C)C. The van der Waals surface area contributed by atoms with Crippen LogP contribution in [0.3, 0.4) is 0 Å². The Morgan fingerprint density at radius 3 is 2.57 bits per heavy atom. The van der Waals surface area contributed by atoms with Gasteiger partial charge >= 0.3 is 5.97 Å². The maximum absolute atomic E-state index is 11.8. The van der Waals surface area contributed by atoms with Crippen LogP contribution < -0.4 is 0 Å². The van der Waals surface area contributed by atoms with Crippen molar-refractivity contribution in [1.82, 2.24) is 0 Å². The summed E-state index contributed by atoms with van der Waals surface area (Å²) in [5.74, 6) is 0.622. The minimum atomic E-state index is -0.178. The molecule has 0 amide bonds. The van der Waals surface area contributed by atoms with Crippen LogP contribution in [0.4, 0.5) is 0 Å². The van der Waals surface area contributed by atoms with Crippen molar-refractivity contribution in [3.8, 4) is 0 Å². The van der Waals surface area contributed by atoms with Crippen molar-refractivity contribution in [2.45, 2.75) is 46.1 Å². The average Bonchev–Trinajstić information content (AvgIpc) is 2.77. The molecule has 2 aliphatic rings. The number of esters is 1. The Morgan fingerprint density at radius 2 is 2.04 bits per heavy atom. The molecule has 0 unspecified atom stereocenters. The van der Waals surface area contributed by atoms with Crippen molar-refractivity contribution in [1.29, 1.82) is 0 Å². The highest BCUT2D eigenvalue weighted by Crippen LogP contribution is 2.66. The Morgan fingerprint density at radius 1 is 1.35 bits per heavy atom. The summed E-state index contributed by atoms with van der Waals surface area (Å²) in [5, 5.41) is 0. The van der Waals surface area contributed by atoms with E-state index in [1.165, 1.54) is 19.3 Å². The Kier molecular flexibility index (Phi) is 5.27. The normalized spacial score (nSPS) is 32.0. The number of fused-ring (bicyclic) bond motifs is 2. The molecule has 0 aromatic heterocycles. The van der Waals surface area contributed by atoms with Crippen LogP contribution >= 0.6 is 0 Å². The number of nitrogens with zero attached hydrogens (tertiary/aromatic N) is 1. The fraction of sp³-hybridized carbons (Fsp3) is 0.842. The summed E-state index contributed by atoms with van der Waals surface area (Å²) in [6.07, 6.45) is 5.78. The standard InChI is InChI=1S/C19H34NO3/c1-7-11-23-17(21)14-20(5,6)10-12-22-16-13-15-8-9-19(16,4)18(15,2)3/h7,15-16H,1,8-14H2,2-6H3/q+1/t15-,16-,19-/m1/s1. The minimum absolute atomic E-state index is 0.178. The molecule has 0 saturated heterocycles. The van der Waals surface area contributed by atoms with Gasteiger partial charge in [-0.3, -0.25) is 0 Å². The maximum Gasteiger partial charge on any atom is 0.362 e. The third-order valence-corrected chi connectivity index (χ3v) is 6.65. The molecule has 2 aliphatic carbocycles. The molecule has 132 valence electrons. The first-order valence-corrected chi connectivity index (χ1v) is 8.82. The molecule has 2 saturated carbocycles. The number of likely N-dealkylation sites (N-methyl/N-ethyl adjacent to an activating group) is 1. The molecule has 0 radical (unpaired) electrons. The maximum atomic E-state index is 11.8. The summed E-state index contributed by atoms with van der Waals surface area (Å²) >= 11 is 0. The molecule has 0 heterocycles. The fourth-order valence-corrected chi connectivity index (χ4v) is 4.45. The predicted octanol–water partition coefficient (Wildman–Crippen LogP) is 3.02. The fourth-order valence-electron chi connectivity index (χ4n) is 4.45. The van der Waals surface area contributed by atoms with Crippen LogP contribution in [-0.4, -0.2) is 57.0 Å². The topological polar surface area (TPSA) is 35.5 Å². The van der Waals surface area contributed by atoms with Gasteiger partial charge in [0.1, 0.15) is 13.2 Å². The molecular formula is C19H34NO3+. The van der Waals surface area contributed by atoms with Crippen molar-refractivity contribution < 1.29 is 18.8 Å². The third kappa shape index (κ3) is 3.63. The smallest absolute Gasteiger partial charge is 0.362 e. The van der Waals surface area contributed by atoms with Crippen LogP contribution in [0.5, 0.6) is 0 Å². The molecule has 23 heavy (non-hydrogen) atoms. The number of hydrogen-bond acceptors (Lipinski definition) is 3. The molecule has 0 spiro atoms. The zero-order chi connectivity index (χ0) is 17.3. The first-order chi connectivity index (χ1) is 10.6. The minimum Gasteiger partial charge on any atom is -0.457 e. The van der Waals surface area contributed by atoms with Crippen molar-refractivity contribution in [3.05, 3.63) is 12.7 Å². The zero-order valence-electron chi connectivity index (χ0n) is 15.6. The highest BCUT2D eigenvalue weighted by molar-refractivity contribution is 5.70. The van der Waals surface area contributed by atoms with Gasteiger partial charge in [-0.25, -0.2) is 4.79 Å². The number of carbonyl (C=O) groups excluding carboxylic acids is 1. The van der Waals surface area contributed by atoms with E-state index in [2.05, 4.69) is 27.4 Å². The summed E-state index contributed by atoms with van der Waals surface area (Å²) in [6.45, 7) is 12.9. The van der Waals surface area contributed by atoms with Crippen molar-refractivity contribution in [2.75, 3.05) is 40.4 Å². The lowest BCUT2D eigenvalue weighted by molar-refractivity contribution is -0.883. The first kappa shape index (κ1) is 18.5. The van der Waals surface area contributed by atoms with Gasteiger partial charge in [-0.05, 0) is 36.0 Å². The molecular weight excluding hydrogens is 290 g/mol. The Balaban J connectivity index is 1.79. The number of hydrogen-bond donors (Lipinski definition) is 0. The van der Waals surface area contributed by atoms with E-state index in [4.69, 9.17) is 9.47 Å². The van der Waals surface area contributed by atoms with E-state index in [0.717, 1.165) is 12.5 Å². The summed E-state index contributed by atoms with van der Waals surface area (Å²) in [7, 11) is 4.09. The second-order valence-electron chi connectivity index (χ2n) is 8.76. The zero-order valence-corrected chi connectivity index (χ0v) is 15.6. The van der Waals surface area contributed by atoms with Gasteiger partial charge in [0.05, 0.1) is 26.8 Å². The average molecular weight is 324 g/mol. The highest BCUT2D eigenvalue weighted by atomic mass is 16.5. The van der Waals surface area contributed by atoms with Gasteiger partial charge in [-0.15, -0.1) is 0 Å². The summed E-state index contributed by atoms with van der Waals surface area (Å²) in [6, 6.07) is 0. The predicted molar refractivity (Wildman–Crippen MR) is 92.0 cm³/mol. The monoisotopic (exact) mass is 324 g/mol. The quantitative estimate of drug-likeness (QED) is 0.391. The van der Waals surface area contributed by atoms with Gasteiger partial charge in [-0.2, -0.15) is 0 Å². The number of rotatable bonds is 8. The van der Waals surface area contributed by atoms with Crippen LogP contribution in [0.2, 0.25) is 0 Å². The van der Waals surface area contributed by atoms with Gasteiger partial charge in [-0.1, -0.05) is 33.4 Å². The van der Waals surface area contributed by atoms with Gasteiger partial charge in [0, 0.05) is 0 Å². The summed E-state index contributed by atoms with van der Waals surface area (Å²) < 4.78 is 12.0. The summed E-state index contributed by atoms with van der Waals surface area (Å²) in [5.41, 5.74) is 0.689. The van der Waals surface area contributed by atoms with E-state index in [9.17, 15) is 4.79 Å². The molecule has 0 aromatic rings. The summed E-state index contributed by atoms with van der Waals surface area (Å²) in [4.78, 5) is 11.8. The van der Waals surface area contributed by atoms with Crippen molar-refractivity contribution in [2.24, 2.45) is 16.7 Å². The largest absolute Gasteiger partial charge is 0.457 e. The lowest BCUT2D eigenvalue weighted by Gasteiger charge is -2.39. The van der Waals surface area contributed by atoms with E-state index in [0.29, 0.717) is 34.6 Å². The molecule has 4 heteroatoms. The number of ether oxygens (including phenoxy) is 2. The highest BCUT2D eigenvalue weighted by Gasteiger charge is 2.61. The van der Waals surface area contributed by atoms with Gasteiger partial charge in [0.25, 0.3) is 0 Å². The van der Waals surface area contributed by atoms with Crippen LogP contribution in [0.25, 0.3) is 0 Å². The first-order valence-electron chi connectivity index (χ1n) is 8.82.